The predicted octanol–water partition coefficient (Wildman–Crippen LogP) is 3.40. The van der Waals surface area contributed by atoms with E-state index in [1.165, 1.54) is 24.3 Å². The van der Waals surface area contributed by atoms with Crippen LogP contribution in [0.5, 0.6) is 0 Å². The summed E-state index contributed by atoms with van der Waals surface area (Å²) in [6, 6.07) is 6.01. The van der Waals surface area contributed by atoms with Gasteiger partial charge >= 0.3 is 0 Å². The molecule has 0 aliphatic heterocycles. The van der Waals surface area contributed by atoms with Crippen LogP contribution in [-0.4, -0.2) is 25.2 Å². The first kappa shape index (κ1) is 17.9. The number of carbonyl (C=O) groups excluding carboxylic acids is 1. The summed E-state index contributed by atoms with van der Waals surface area (Å²) in [6.07, 6.45) is 4.18. The molecule has 0 saturated carbocycles. The van der Waals surface area contributed by atoms with Crippen molar-refractivity contribution in [1.82, 2.24) is 5.16 Å². The van der Waals surface area contributed by atoms with E-state index in [0.29, 0.717) is 10.9 Å². The second-order valence-corrected chi connectivity index (χ2v) is 8.61. The highest BCUT2D eigenvalue weighted by Crippen LogP contribution is 2.27. The molecule has 2 aromatic rings. The van der Waals surface area contributed by atoms with Crippen molar-refractivity contribution in [2.75, 3.05) is 11.1 Å². The number of hydrogen-bond acceptors (Lipinski definition) is 5. The van der Waals surface area contributed by atoms with Crippen molar-refractivity contribution < 1.29 is 17.7 Å². The average molecular weight is 383 g/mol. The van der Waals surface area contributed by atoms with Crippen LogP contribution in [0.25, 0.3) is 0 Å². The SMILES string of the molecule is O=C(CCCS(=O)(=O)c1ccc(Cl)cc1)Nc1onc2c1CCCC2. The lowest BCUT2D eigenvalue weighted by Gasteiger charge is -2.09. The number of nitrogens with one attached hydrogen (secondary N) is 1. The number of sulfone groups is 1. The monoisotopic (exact) mass is 382 g/mol. The molecule has 0 saturated heterocycles. The second kappa shape index (κ2) is 7.58. The van der Waals surface area contributed by atoms with Crippen LogP contribution in [0.1, 0.15) is 36.9 Å². The summed E-state index contributed by atoms with van der Waals surface area (Å²) >= 11 is 5.76. The predicted molar refractivity (Wildman–Crippen MR) is 94.5 cm³/mol. The molecule has 8 heteroatoms. The van der Waals surface area contributed by atoms with E-state index in [2.05, 4.69) is 10.5 Å². The Morgan fingerprint density at radius 1 is 1.20 bits per heavy atom. The highest BCUT2D eigenvalue weighted by molar-refractivity contribution is 7.91. The third-order valence-corrected chi connectivity index (χ3v) is 6.27. The number of fused-ring (bicyclic) bond motifs is 1. The van der Waals surface area contributed by atoms with Crippen molar-refractivity contribution in [1.29, 1.82) is 0 Å². The molecule has 25 heavy (non-hydrogen) atoms. The summed E-state index contributed by atoms with van der Waals surface area (Å²) < 4.78 is 29.7. The summed E-state index contributed by atoms with van der Waals surface area (Å²) in [5.41, 5.74) is 1.88. The standard InChI is InChI=1S/C17H19ClN2O4S/c18-12-7-9-13(10-8-12)25(22,23)11-3-6-16(21)19-17-14-4-1-2-5-15(14)20-24-17/h7-10H,1-6,11H2,(H,19,21). The van der Waals surface area contributed by atoms with Crippen LogP contribution in [0.15, 0.2) is 33.7 Å². The van der Waals surface area contributed by atoms with Gasteiger partial charge in [-0.15, -0.1) is 0 Å². The summed E-state index contributed by atoms with van der Waals surface area (Å²) in [4.78, 5) is 12.3. The van der Waals surface area contributed by atoms with Crippen LogP contribution < -0.4 is 5.32 Å². The van der Waals surface area contributed by atoms with E-state index in [1.807, 2.05) is 0 Å². The molecule has 1 aromatic carbocycles. The molecule has 1 N–H and O–H groups in total. The zero-order valence-electron chi connectivity index (χ0n) is 13.6. The molecule has 1 heterocycles. The summed E-state index contributed by atoms with van der Waals surface area (Å²) in [5, 5.41) is 7.16. The highest BCUT2D eigenvalue weighted by atomic mass is 35.5. The maximum absolute atomic E-state index is 12.2. The largest absolute Gasteiger partial charge is 0.338 e. The van der Waals surface area contributed by atoms with Gasteiger partial charge < -0.3 is 4.52 Å². The van der Waals surface area contributed by atoms with Crippen LogP contribution >= 0.6 is 11.6 Å². The molecule has 3 rings (SSSR count). The third-order valence-electron chi connectivity index (χ3n) is 4.20. The smallest absolute Gasteiger partial charge is 0.234 e. The van der Waals surface area contributed by atoms with Gasteiger partial charge in [-0.05, 0) is 56.4 Å². The van der Waals surface area contributed by atoms with Gasteiger partial charge in [-0.1, -0.05) is 16.8 Å². The van der Waals surface area contributed by atoms with E-state index >= 15 is 0 Å². The summed E-state index contributed by atoms with van der Waals surface area (Å²) in [5.74, 6) is 0.0346. The number of hydrogen-bond donors (Lipinski definition) is 1. The van der Waals surface area contributed by atoms with Gasteiger partial charge in [0, 0.05) is 17.0 Å². The lowest BCUT2D eigenvalue weighted by atomic mass is 9.98. The lowest BCUT2D eigenvalue weighted by Crippen LogP contribution is -2.15. The number of amides is 1. The molecule has 1 aliphatic rings. The topological polar surface area (TPSA) is 89.3 Å². The zero-order chi connectivity index (χ0) is 17.9. The Hall–Kier alpha value is -1.86. The Bertz CT molecular complexity index is 859. The lowest BCUT2D eigenvalue weighted by molar-refractivity contribution is -0.116. The molecule has 0 atom stereocenters. The number of aromatic nitrogens is 1. The van der Waals surface area contributed by atoms with E-state index in [-0.39, 0.29) is 29.4 Å². The van der Waals surface area contributed by atoms with Gasteiger partial charge in [0.25, 0.3) is 0 Å². The zero-order valence-corrected chi connectivity index (χ0v) is 15.2. The quantitative estimate of drug-likeness (QED) is 0.826. The molecular formula is C17H19ClN2O4S. The fraction of sp³-hybridized carbons (Fsp3) is 0.412. The van der Waals surface area contributed by atoms with Crippen molar-refractivity contribution in [2.24, 2.45) is 0 Å². The molecule has 0 fully saturated rings. The molecule has 0 bridgehead atoms. The van der Waals surface area contributed by atoms with Crippen molar-refractivity contribution in [3.63, 3.8) is 0 Å². The Kier molecular flexibility index (Phi) is 5.44. The number of rotatable bonds is 6. The van der Waals surface area contributed by atoms with E-state index in [4.69, 9.17) is 16.1 Å². The number of aryl methyl sites for hydroxylation is 1. The third kappa shape index (κ3) is 4.41. The normalized spacial score (nSPS) is 14.1. The van der Waals surface area contributed by atoms with Crippen molar-refractivity contribution in [2.45, 2.75) is 43.4 Å². The average Bonchev–Trinajstić information content (AvgIpc) is 2.98. The maximum atomic E-state index is 12.2. The minimum atomic E-state index is -3.42. The van der Waals surface area contributed by atoms with Crippen LogP contribution in [0.2, 0.25) is 5.02 Å². The van der Waals surface area contributed by atoms with E-state index < -0.39 is 9.84 Å². The van der Waals surface area contributed by atoms with Crippen LogP contribution in [0.3, 0.4) is 0 Å². The van der Waals surface area contributed by atoms with Gasteiger partial charge in [-0.2, -0.15) is 0 Å². The Morgan fingerprint density at radius 3 is 2.68 bits per heavy atom. The van der Waals surface area contributed by atoms with Gasteiger partial charge in [-0.25, -0.2) is 8.42 Å². The first-order chi connectivity index (χ1) is 12.0. The molecular weight excluding hydrogens is 364 g/mol. The van der Waals surface area contributed by atoms with Crippen molar-refractivity contribution in [3.05, 3.63) is 40.5 Å². The number of benzene rings is 1. The molecule has 1 aliphatic carbocycles. The second-order valence-electron chi connectivity index (χ2n) is 6.07. The minimum absolute atomic E-state index is 0.0995. The first-order valence-corrected chi connectivity index (χ1v) is 10.2. The molecule has 1 amide bonds. The van der Waals surface area contributed by atoms with E-state index in [1.54, 1.807) is 0 Å². The van der Waals surface area contributed by atoms with E-state index in [0.717, 1.165) is 36.9 Å². The molecule has 134 valence electrons. The van der Waals surface area contributed by atoms with Gasteiger partial charge in [0.1, 0.15) is 0 Å². The fourth-order valence-corrected chi connectivity index (χ4v) is 4.30. The van der Waals surface area contributed by atoms with Gasteiger partial charge in [0.05, 0.1) is 16.3 Å². The summed E-state index contributed by atoms with van der Waals surface area (Å²) in [7, 11) is -3.42. The Morgan fingerprint density at radius 2 is 1.92 bits per heavy atom. The van der Waals surface area contributed by atoms with Crippen molar-refractivity contribution >= 4 is 33.2 Å². The number of halogens is 1. The number of anilines is 1. The van der Waals surface area contributed by atoms with Crippen LogP contribution in [0.4, 0.5) is 5.88 Å². The minimum Gasteiger partial charge on any atom is -0.338 e. The van der Waals surface area contributed by atoms with Crippen LogP contribution in [-0.2, 0) is 27.5 Å². The number of nitrogens with zero attached hydrogens (tertiary/aromatic N) is 1. The Labute approximate surface area is 151 Å². The van der Waals surface area contributed by atoms with Crippen LogP contribution in [0, 0.1) is 0 Å². The van der Waals surface area contributed by atoms with Gasteiger partial charge in [0.15, 0.2) is 9.84 Å². The van der Waals surface area contributed by atoms with Gasteiger partial charge in [0.2, 0.25) is 11.8 Å². The molecule has 0 spiro atoms. The fourth-order valence-electron chi connectivity index (χ4n) is 2.86. The highest BCUT2D eigenvalue weighted by Gasteiger charge is 2.21. The Balaban J connectivity index is 1.52. The molecule has 6 nitrogen and oxygen atoms in total. The number of carbonyl (C=O) groups is 1. The van der Waals surface area contributed by atoms with Gasteiger partial charge in [-0.3, -0.25) is 10.1 Å². The maximum Gasteiger partial charge on any atom is 0.234 e. The molecule has 0 unspecified atom stereocenters. The molecule has 0 radical (unpaired) electrons. The first-order valence-electron chi connectivity index (χ1n) is 8.21. The summed E-state index contributed by atoms with van der Waals surface area (Å²) in [6.45, 7) is 0. The molecule has 1 aromatic heterocycles. The van der Waals surface area contributed by atoms with E-state index in [9.17, 15) is 13.2 Å². The van der Waals surface area contributed by atoms with Crippen molar-refractivity contribution in [3.8, 4) is 0 Å².